The van der Waals surface area contributed by atoms with Crippen LogP contribution in [-0.2, 0) is 5.41 Å². The summed E-state index contributed by atoms with van der Waals surface area (Å²) < 4.78 is 0. The Morgan fingerprint density at radius 2 is 1.25 bits per heavy atom. The van der Waals surface area contributed by atoms with E-state index >= 15 is 0 Å². The zero-order chi connectivity index (χ0) is 15.2. The van der Waals surface area contributed by atoms with Crippen molar-refractivity contribution < 1.29 is 0 Å². The van der Waals surface area contributed by atoms with E-state index in [2.05, 4.69) is 70.0 Å². The summed E-state index contributed by atoms with van der Waals surface area (Å²) in [7, 11) is 0. The van der Waals surface area contributed by atoms with Gasteiger partial charge in [-0.25, -0.2) is 0 Å². The number of hydrogen-bond donors (Lipinski definition) is 0. The molecule has 0 amide bonds. The van der Waals surface area contributed by atoms with Crippen molar-refractivity contribution in [3.63, 3.8) is 0 Å². The molecule has 20 heavy (non-hydrogen) atoms. The Morgan fingerprint density at radius 1 is 0.850 bits per heavy atom. The molecule has 1 radical (unpaired) electrons. The summed E-state index contributed by atoms with van der Waals surface area (Å²) in [4.78, 5) is 0. The molecule has 0 heteroatoms. The third-order valence-corrected chi connectivity index (χ3v) is 3.55. The van der Waals surface area contributed by atoms with E-state index in [9.17, 15) is 0 Å². The lowest BCUT2D eigenvalue weighted by atomic mass is 9.78. The summed E-state index contributed by atoms with van der Waals surface area (Å²) in [6.07, 6.45) is 5.39. The van der Waals surface area contributed by atoms with Crippen molar-refractivity contribution in [2.45, 2.75) is 33.1 Å². The van der Waals surface area contributed by atoms with Gasteiger partial charge < -0.3 is 0 Å². The van der Waals surface area contributed by atoms with Gasteiger partial charge in [0.25, 0.3) is 0 Å². The predicted molar refractivity (Wildman–Crippen MR) is 88.7 cm³/mol. The van der Waals surface area contributed by atoms with Crippen molar-refractivity contribution in [2.75, 3.05) is 0 Å². The molecule has 0 atom stereocenters. The van der Waals surface area contributed by atoms with Crippen LogP contribution in [0.2, 0.25) is 0 Å². The highest BCUT2D eigenvalue weighted by Gasteiger charge is 2.22. The van der Waals surface area contributed by atoms with Crippen molar-refractivity contribution in [2.24, 2.45) is 0 Å². The highest BCUT2D eigenvalue weighted by molar-refractivity contribution is 5.42. The molecule has 0 N–H and O–H groups in total. The van der Waals surface area contributed by atoms with E-state index in [1.165, 1.54) is 16.7 Å². The molecule has 0 heterocycles. The van der Waals surface area contributed by atoms with Crippen LogP contribution < -0.4 is 0 Å². The van der Waals surface area contributed by atoms with Crippen molar-refractivity contribution >= 4 is 0 Å². The van der Waals surface area contributed by atoms with Gasteiger partial charge in [-0.05, 0) is 30.2 Å². The first-order chi connectivity index (χ1) is 9.54. The summed E-state index contributed by atoms with van der Waals surface area (Å²) in [5, 5.41) is 0. The first-order valence-corrected chi connectivity index (χ1v) is 6.89. The molecule has 0 unspecified atom stereocenters. The summed E-state index contributed by atoms with van der Waals surface area (Å²) in [6, 6.07) is 17.0. The molecule has 0 spiro atoms. The topological polar surface area (TPSA) is 0 Å². The number of terminal acetylenes is 1. The second-order valence-corrected chi connectivity index (χ2v) is 5.21. The quantitative estimate of drug-likeness (QED) is 0.658. The molecule has 0 aliphatic carbocycles. The van der Waals surface area contributed by atoms with Gasteiger partial charge in [0, 0.05) is 11.0 Å². The molecule has 0 fully saturated rings. The molecular formula is C20H23. The van der Waals surface area contributed by atoms with Gasteiger partial charge in [-0.1, -0.05) is 75.6 Å². The normalized spacial score (nSPS) is 10.2. The number of hydrogen-bond acceptors (Lipinski definition) is 0. The van der Waals surface area contributed by atoms with E-state index in [-0.39, 0.29) is 5.41 Å². The Hall–Kier alpha value is -2.00. The van der Waals surface area contributed by atoms with Gasteiger partial charge in [0.1, 0.15) is 0 Å². The number of benzene rings is 2. The first kappa shape index (κ1) is 16.1. The standard InChI is InChI=1S/C18H18.C2H5/c1-5-15-8-12-17(13-9-15)18(3,4)16-10-6-14(2)7-11-16;1-2/h1,6-13H,2-4H3;1H2,2H3. The molecule has 0 aromatic heterocycles. The van der Waals surface area contributed by atoms with Crippen molar-refractivity contribution in [3.8, 4) is 12.3 Å². The largest absolute Gasteiger partial charge is 0.115 e. The maximum atomic E-state index is 5.39. The molecule has 0 nitrogen and oxygen atoms in total. The van der Waals surface area contributed by atoms with Crippen molar-refractivity contribution in [1.82, 2.24) is 0 Å². The summed E-state index contributed by atoms with van der Waals surface area (Å²) >= 11 is 0. The van der Waals surface area contributed by atoms with Crippen LogP contribution in [0.15, 0.2) is 48.5 Å². The van der Waals surface area contributed by atoms with Crippen LogP contribution in [0.5, 0.6) is 0 Å². The minimum absolute atomic E-state index is 0.000822. The fraction of sp³-hybridized carbons (Fsp3) is 0.250. The van der Waals surface area contributed by atoms with Crippen LogP contribution in [0.3, 0.4) is 0 Å². The van der Waals surface area contributed by atoms with E-state index in [0.29, 0.717) is 0 Å². The van der Waals surface area contributed by atoms with Crippen LogP contribution in [0, 0.1) is 26.2 Å². The van der Waals surface area contributed by atoms with Crippen LogP contribution in [0.4, 0.5) is 0 Å². The molecule has 0 saturated carbocycles. The predicted octanol–water partition coefficient (Wildman–Crippen LogP) is 5.14. The third kappa shape index (κ3) is 3.52. The monoisotopic (exact) mass is 263 g/mol. The zero-order valence-electron chi connectivity index (χ0n) is 12.9. The molecule has 2 aromatic rings. The molecule has 2 rings (SSSR count). The van der Waals surface area contributed by atoms with Crippen LogP contribution in [0.1, 0.15) is 43.0 Å². The fourth-order valence-corrected chi connectivity index (χ4v) is 2.12. The van der Waals surface area contributed by atoms with Crippen LogP contribution in [0.25, 0.3) is 0 Å². The Labute approximate surface area is 123 Å². The molecule has 0 aliphatic rings. The second-order valence-electron chi connectivity index (χ2n) is 5.21. The highest BCUT2D eigenvalue weighted by atomic mass is 14.3. The maximum Gasteiger partial charge on any atom is 0.0242 e. The van der Waals surface area contributed by atoms with Gasteiger partial charge in [0.05, 0.1) is 0 Å². The molecule has 103 valence electrons. The summed E-state index contributed by atoms with van der Waals surface area (Å²) in [5.41, 5.74) is 4.82. The smallest absolute Gasteiger partial charge is 0.0242 e. The van der Waals surface area contributed by atoms with Gasteiger partial charge >= 0.3 is 0 Å². The average Bonchev–Trinajstić information content (AvgIpc) is 2.50. The van der Waals surface area contributed by atoms with Crippen molar-refractivity contribution in [3.05, 3.63) is 77.7 Å². The lowest BCUT2D eigenvalue weighted by molar-refractivity contribution is 0.640. The van der Waals surface area contributed by atoms with Gasteiger partial charge in [0.2, 0.25) is 0 Å². The SMILES string of the molecule is C#Cc1ccc(C(C)(C)c2ccc(C)cc2)cc1.[CH2]C. The van der Waals surface area contributed by atoms with E-state index in [1.807, 2.05) is 12.1 Å². The Bertz CT molecular complexity index is 563. The highest BCUT2D eigenvalue weighted by Crippen LogP contribution is 2.31. The van der Waals surface area contributed by atoms with E-state index < -0.39 is 0 Å². The fourth-order valence-electron chi connectivity index (χ4n) is 2.12. The lowest BCUT2D eigenvalue weighted by Gasteiger charge is -2.26. The van der Waals surface area contributed by atoms with Gasteiger partial charge in [-0.2, -0.15) is 0 Å². The second kappa shape index (κ2) is 6.96. The molecular weight excluding hydrogens is 240 g/mol. The first-order valence-electron chi connectivity index (χ1n) is 6.89. The van der Waals surface area contributed by atoms with Gasteiger partial charge in [-0.15, -0.1) is 6.42 Å². The molecule has 0 bridgehead atoms. The lowest BCUT2D eigenvalue weighted by Crippen LogP contribution is -2.18. The molecule has 2 aromatic carbocycles. The Kier molecular flexibility index (Phi) is 5.59. The molecule has 0 aliphatic heterocycles. The molecule has 0 saturated heterocycles. The number of aryl methyl sites for hydroxylation is 1. The Balaban J connectivity index is 0.000000956. The van der Waals surface area contributed by atoms with Gasteiger partial charge in [0.15, 0.2) is 0 Å². The summed E-state index contributed by atoms with van der Waals surface area (Å²) in [6.45, 7) is 11.6. The Morgan fingerprint density at radius 3 is 1.65 bits per heavy atom. The van der Waals surface area contributed by atoms with Crippen molar-refractivity contribution in [1.29, 1.82) is 0 Å². The van der Waals surface area contributed by atoms with E-state index in [1.54, 1.807) is 6.92 Å². The van der Waals surface area contributed by atoms with Gasteiger partial charge in [-0.3, -0.25) is 0 Å². The average molecular weight is 263 g/mol. The van der Waals surface area contributed by atoms with Crippen LogP contribution >= 0.6 is 0 Å². The minimum Gasteiger partial charge on any atom is -0.115 e. The summed E-state index contributed by atoms with van der Waals surface area (Å²) in [5.74, 6) is 2.65. The van der Waals surface area contributed by atoms with E-state index in [4.69, 9.17) is 6.42 Å². The zero-order valence-corrected chi connectivity index (χ0v) is 12.9. The maximum absolute atomic E-state index is 5.39. The minimum atomic E-state index is 0.000822. The van der Waals surface area contributed by atoms with E-state index in [0.717, 1.165) is 5.56 Å². The third-order valence-electron chi connectivity index (χ3n) is 3.55. The van der Waals surface area contributed by atoms with Crippen LogP contribution in [-0.4, -0.2) is 0 Å². The number of rotatable bonds is 2.